The molecule has 230 valence electrons. The molecule has 0 spiro atoms. The van der Waals surface area contributed by atoms with Crippen molar-refractivity contribution in [3.63, 3.8) is 0 Å². The molecular formula is C37H37N3O5. The molecule has 1 aromatic heterocycles. The highest BCUT2D eigenvalue weighted by Gasteiger charge is 2.52. The van der Waals surface area contributed by atoms with Gasteiger partial charge in [-0.15, -0.1) is 0 Å². The maximum Gasteiger partial charge on any atom is 0.330 e. The second-order valence-corrected chi connectivity index (χ2v) is 11.5. The van der Waals surface area contributed by atoms with E-state index in [0.717, 1.165) is 22.3 Å². The minimum absolute atomic E-state index is 0.352. The summed E-state index contributed by atoms with van der Waals surface area (Å²) < 4.78 is 13.6. The number of H-pyrrole nitrogens is 1. The number of aryl methyl sites for hydroxylation is 1. The van der Waals surface area contributed by atoms with Gasteiger partial charge in [0.15, 0.2) is 0 Å². The number of benzene rings is 4. The Bertz CT molecular complexity index is 1780. The van der Waals surface area contributed by atoms with Gasteiger partial charge in [-0.05, 0) is 41.3 Å². The van der Waals surface area contributed by atoms with Crippen molar-refractivity contribution in [2.24, 2.45) is 0 Å². The first-order valence-electron chi connectivity index (χ1n) is 15.1. The number of aromatic nitrogens is 2. The molecular weight excluding hydrogens is 566 g/mol. The smallest absolute Gasteiger partial charge is 0.330 e. The predicted molar refractivity (Wildman–Crippen MR) is 173 cm³/mol. The maximum atomic E-state index is 13.0. The summed E-state index contributed by atoms with van der Waals surface area (Å²) in [5.74, 6) is 0.704. The molecule has 5 aromatic rings. The van der Waals surface area contributed by atoms with Crippen LogP contribution in [0.3, 0.4) is 0 Å². The first kappa shape index (κ1) is 30.3. The van der Waals surface area contributed by atoms with Gasteiger partial charge in [-0.2, -0.15) is 0 Å². The molecule has 0 bridgehead atoms. The number of aliphatic hydroxyl groups excluding tert-OH is 1. The van der Waals surface area contributed by atoms with Crippen LogP contribution in [0, 0.1) is 6.92 Å². The number of hydrogen-bond donors (Lipinski definition) is 3. The van der Waals surface area contributed by atoms with Crippen molar-refractivity contribution in [3.8, 4) is 5.75 Å². The molecule has 3 N–H and O–H groups in total. The van der Waals surface area contributed by atoms with E-state index >= 15 is 0 Å². The van der Waals surface area contributed by atoms with Crippen LogP contribution in [-0.2, 0) is 16.7 Å². The fraction of sp³-hybridized carbons (Fsp3) is 0.243. The lowest BCUT2D eigenvalue weighted by molar-refractivity contribution is -0.0810. The number of ether oxygens (including phenoxy) is 2. The van der Waals surface area contributed by atoms with Crippen molar-refractivity contribution in [1.82, 2.24) is 14.9 Å². The average molecular weight is 604 g/mol. The Labute approximate surface area is 261 Å². The highest BCUT2D eigenvalue weighted by Crippen LogP contribution is 2.47. The van der Waals surface area contributed by atoms with E-state index in [1.54, 1.807) is 14.0 Å². The Morgan fingerprint density at radius 3 is 2.02 bits per heavy atom. The summed E-state index contributed by atoms with van der Waals surface area (Å²) in [4.78, 5) is 27.6. The molecule has 1 aliphatic heterocycles. The summed E-state index contributed by atoms with van der Waals surface area (Å²) in [6.45, 7) is 2.19. The zero-order chi connectivity index (χ0) is 31.4. The molecule has 1 saturated heterocycles. The molecule has 0 radical (unpaired) electrons. The number of hydrogen-bond acceptors (Lipinski definition) is 6. The molecule has 4 atom stereocenters. The van der Waals surface area contributed by atoms with Crippen LogP contribution in [0.2, 0.25) is 0 Å². The topological polar surface area (TPSA) is 106 Å². The summed E-state index contributed by atoms with van der Waals surface area (Å²) in [5, 5.41) is 16.5. The lowest BCUT2D eigenvalue weighted by Crippen LogP contribution is -2.54. The van der Waals surface area contributed by atoms with Crippen molar-refractivity contribution in [3.05, 3.63) is 170 Å². The van der Waals surface area contributed by atoms with Gasteiger partial charge in [0.2, 0.25) is 0 Å². The SMILES string of the molecule is COc1ccc(C(c2ccccc2)(c2ccccc2)C(O)[C@H]2O[C@@H](n3cc(C)c(=O)[nH]c3=O)CC2NCc2ccccc2)cc1. The second kappa shape index (κ2) is 13.1. The van der Waals surface area contributed by atoms with E-state index in [2.05, 4.69) is 10.3 Å². The number of aliphatic hydroxyl groups is 1. The molecule has 8 nitrogen and oxygen atoms in total. The third-order valence-corrected chi connectivity index (χ3v) is 8.79. The Balaban J connectivity index is 1.50. The van der Waals surface area contributed by atoms with Gasteiger partial charge in [-0.25, -0.2) is 4.79 Å². The molecule has 8 heteroatoms. The number of methoxy groups -OCH3 is 1. The fourth-order valence-electron chi connectivity index (χ4n) is 6.52. The normalized spacial score (nSPS) is 18.9. The molecule has 2 heterocycles. The largest absolute Gasteiger partial charge is 0.497 e. The third-order valence-electron chi connectivity index (χ3n) is 8.79. The summed E-state index contributed by atoms with van der Waals surface area (Å²) in [5.41, 5.74) is 2.07. The van der Waals surface area contributed by atoms with Crippen molar-refractivity contribution in [1.29, 1.82) is 0 Å². The first-order chi connectivity index (χ1) is 21.9. The third kappa shape index (κ3) is 5.88. The quantitative estimate of drug-likeness (QED) is 0.200. The van der Waals surface area contributed by atoms with E-state index < -0.39 is 35.1 Å². The zero-order valence-electron chi connectivity index (χ0n) is 25.3. The zero-order valence-corrected chi connectivity index (χ0v) is 25.3. The summed E-state index contributed by atoms with van der Waals surface area (Å²) in [6, 6.07) is 37.3. The van der Waals surface area contributed by atoms with Crippen molar-refractivity contribution < 1.29 is 14.6 Å². The van der Waals surface area contributed by atoms with E-state index in [0.29, 0.717) is 24.3 Å². The monoisotopic (exact) mass is 603 g/mol. The number of nitrogens with one attached hydrogen (secondary N) is 2. The van der Waals surface area contributed by atoms with Crippen LogP contribution in [-0.4, -0.2) is 40.0 Å². The number of nitrogens with zero attached hydrogens (tertiary/aromatic N) is 1. The first-order valence-corrected chi connectivity index (χ1v) is 15.1. The minimum Gasteiger partial charge on any atom is -0.497 e. The maximum absolute atomic E-state index is 13.0. The van der Waals surface area contributed by atoms with Crippen molar-refractivity contribution in [2.75, 3.05) is 7.11 Å². The molecule has 0 saturated carbocycles. The van der Waals surface area contributed by atoms with E-state index in [1.165, 1.54) is 10.8 Å². The van der Waals surface area contributed by atoms with Gasteiger partial charge in [-0.3, -0.25) is 14.3 Å². The molecule has 2 unspecified atom stereocenters. The van der Waals surface area contributed by atoms with Crippen LogP contribution in [0.5, 0.6) is 5.75 Å². The van der Waals surface area contributed by atoms with Crippen molar-refractivity contribution in [2.45, 2.75) is 49.8 Å². The Kier molecular flexibility index (Phi) is 8.80. The highest BCUT2D eigenvalue weighted by molar-refractivity contribution is 5.53. The lowest BCUT2D eigenvalue weighted by Gasteiger charge is -2.43. The van der Waals surface area contributed by atoms with Crippen LogP contribution in [0.15, 0.2) is 131 Å². The van der Waals surface area contributed by atoms with E-state index in [4.69, 9.17) is 9.47 Å². The standard InChI is InChI=1S/C37H37N3O5/c1-25-24-40(36(43)39-35(25)42)32-22-31(38-23-26-12-6-3-7-13-26)33(45-32)34(41)37(27-14-8-4-9-15-27,28-16-10-5-11-17-28)29-18-20-30(44-2)21-19-29/h3-21,24,31-34,38,41H,22-23H2,1-2H3,(H,39,42,43)/t31?,32-,33+,34?/m1/s1. The van der Waals surface area contributed by atoms with Crippen LogP contribution in [0.25, 0.3) is 0 Å². The number of aromatic amines is 1. The molecule has 45 heavy (non-hydrogen) atoms. The van der Waals surface area contributed by atoms with E-state index in [-0.39, 0.29) is 6.04 Å². The van der Waals surface area contributed by atoms with Crippen LogP contribution in [0.1, 0.15) is 40.5 Å². The minimum atomic E-state index is -1.12. The average Bonchev–Trinajstić information content (AvgIpc) is 3.51. The van der Waals surface area contributed by atoms with Gasteiger partial charge in [-0.1, -0.05) is 103 Å². The molecule has 4 aromatic carbocycles. The van der Waals surface area contributed by atoms with Crippen molar-refractivity contribution >= 4 is 0 Å². The number of rotatable bonds is 10. The van der Waals surface area contributed by atoms with Crippen LogP contribution in [0.4, 0.5) is 0 Å². The molecule has 0 amide bonds. The van der Waals surface area contributed by atoms with Crippen LogP contribution >= 0.6 is 0 Å². The molecule has 1 fully saturated rings. The fourth-order valence-corrected chi connectivity index (χ4v) is 6.52. The Morgan fingerprint density at radius 2 is 1.44 bits per heavy atom. The predicted octanol–water partition coefficient (Wildman–Crippen LogP) is 4.70. The lowest BCUT2D eigenvalue weighted by atomic mass is 9.64. The Morgan fingerprint density at radius 1 is 0.889 bits per heavy atom. The summed E-state index contributed by atoms with van der Waals surface area (Å²) >= 11 is 0. The summed E-state index contributed by atoms with van der Waals surface area (Å²) in [6.07, 6.45) is -0.683. The van der Waals surface area contributed by atoms with Gasteiger partial charge in [0.05, 0.1) is 18.6 Å². The summed E-state index contributed by atoms with van der Waals surface area (Å²) in [7, 11) is 1.63. The highest BCUT2D eigenvalue weighted by atomic mass is 16.5. The van der Waals surface area contributed by atoms with E-state index in [1.807, 2.05) is 115 Å². The van der Waals surface area contributed by atoms with Gasteiger partial charge in [0.25, 0.3) is 5.56 Å². The van der Waals surface area contributed by atoms with Gasteiger partial charge in [0.1, 0.15) is 18.1 Å². The van der Waals surface area contributed by atoms with Gasteiger partial charge < -0.3 is 19.9 Å². The molecule has 0 aliphatic carbocycles. The van der Waals surface area contributed by atoms with Gasteiger partial charge in [0, 0.05) is 30.8 Å². The molecule has 1 aliphatic rings. The molecule has 6 rings (SSSR count). The Hall–Kier alpha value is -4.76. The van der Waals surface area contributed by atoms with E-state index in [9.17, 15) is 14.7 Å². The van der Waals surface area contributed by atoms with Crippen LogP contribution < -0.4 is 21.3 Å². The van der Waals surface area contributed by atoms with Gasteiger partial charge >= 0.3 is 5.69 Å². The second-order valence-electron chi connectivity index (χ2n) is 11.5.